The molecule has 0 spiro atoms. The average Bonchev–Trinajstić information content (AvgIpc) is 2.24. The van der Waals surface area contributed by atoms with Gasteiger partial charge >= 0.3 is 0 Å². The molecule has 1 aromatic carbocycles. The quantitative estimate of drug-likeness (QED) is 0.809. The molecule has 0 amide bonds. The van der Waals surface area contributed by atoms with E-state index in [9.17, 15) is 13.2 Å². The van der Waals surface area contributed by atoms with Crippen molar-refractivity contribution in [1.82, 2.24) is 5.32 Å². The lowest BCUT2D eigenvalue weighted by Gasteiger charge is -2.27. The molecule has 0 radical (unpaired) electrons. The molecule has 0 aromatic heterocycles. The smallest absolute Gasteiger partial charge is 0.194 e. The lowest BCUT2D eigenvalue weighted by Crippen LogP contribution is -2.29. The maximum Gasteiger partial charge on any atom is 0.194 e. The molecule has 1 atom stereocenters. The first-order valence-corrected chi connectivity index (χ1v) is 6.06. The summed E-state index contributed by atoms with van der Waals surface area (Å²) in [6.45, 7) is 9.58. The van der Waals surface area contributed by atoms with E-state index in [1.165, 1.54) is 0 Å². The normalized spacial score (nSPS) is 13.7. The van der Waals surface area contributed by atoms with E-state index in [1.54, 1.807) is 0 Å². The van der Waals surface area contributed by atoms with Gasteiger partial charge in [0.1, 0.15) is 0 Å². The summed E-state index contributed by atoms with van der Waals surface area (Å²) in [6, 6.07) is 2.04. The predicted octanol–water partition coefficient (Wildman–Crippen LogP) is 3.88. The van der Waals surface area contributed by atoms with Gasteiger partial charge in [-0.1, -0.05) is 27.7 Å². The van der Waals surface area contributed by atoms with Crippen molar-refractivity contribution in [2.75, 3.05) is 6.54 Å². The minimum absolute atomic E-state index is 0.173. The number of hydrogen-bond donors (Lipinski definition) is 1. The minimum Gasteiger partial charge on any atom is -0.312 e. The summed E-state index contributed by atoms with van der Waals surface area (Å²) in [5, 5.41) is 3.13. The molecule has 102 valence electrons. The molecule has 0 aliphatic carbocycles. The molecule has 1 aromatic rings. The van der Waals surface area contributed by atoms with Crippen molar-refractivity contribution in [2.24, 2.45) is 11.3 Å². The van der Waals surface area contributed by atoms with Crippen LogP contribution in [0.3, 0.4) is 0 Å². The molecule has 4 heteroatoms. The van der Waals surface area contributed by atoms with Gasteiger partial charge in [-0.2, -0.15) is 0 Å². The van der Waals surface area contributed by atoms with Gasteiger partial charge in [0.25, 0.3) is 0 Å². The summed E-state index contributed by atoms with van der Waals surface area (Å²) in [7, 11) is 0. The third-order valence-corrected chi connectivity index (χ3v) is 3.30. The largest absolute Gasteiger partial charge is 0.312 e. The molecule has 0 heterocycles. The van der Waals surface area contributed by atoms with Crippen molar-refractivity contribution in [3.8, 4) is 0 Å². The first kappa shape index (κ1) is 15.0. The van der Waals surface area contributed by atoms with Crippen molar-refractivity contribution >= 4 is 0 Å². The van der Waals surface area contributed by atoms with Crippen LogP contribution >= 0.6 is 0 Å². The topological polar surface area (TPSA) is 12.0 Å². The number of rotatable bonds is 4. The highest BCUT2D eigenvalue weighted by atomic mass is 19.2. The third kappa shape index (κ3) is 4.02. The number of hydrogen-bond acceptors (Lipinski definition) is 1. The molecule has 1 unspecified atom stereocenters. The molecule has 0 bridgehead atoms. The van der Waals surface area contributed by atoms with Crippen LogP contribution in [-0.4, -0.2) is 6.54 Å². The van der Waals surface area contributed by atoms with Crippen molar-refractivity contribution in [3.63, 3.8) is 0 Å². The molecule has 0 aliphatic heterocycles. The van der Waals surface area contributed by atoms with Gasteiger partial charge in [-0.3, -0.25) is 0 Å². The van der Waals surface area contributed by atoms with E-state index in [4.69, 9.17) is 0 Å². The second kappa shape index (κ2) is 5.74. The van der Waals surface area contributed by atoms with Crippen molar-refractivity contribution in [1.29, 1.82) is 0 Å². The Bertz CT molecular complexity index is 387. The van der Waals surface area contributed by atoms with Crippen LogP contribution in [0.4, 0.5) is 13.2 Å². The van der Waals surface area contributed by atoms with Gasteiger partial charge in [0.15, 0.2) is 17.5 Å². The molecule has 1 nitrogen and oxygen atoms in total. The maximum atomic E-state index is 13.0. The first-order chi connectivity index (χ1) is 8.21. The van der Waals surface area contributed by atoms with E-state index in [-0.39, 0.29) is 5.41 Å². The summed E-state index contributed by atoms with van der Waals surface area (Å²) in [5.74, 6) is -3.28. The van der Waals surface area contributed by atoms with Gasteiger partial charge in [0.2, 0.25) is 0 Å². The predicted molar refractivity (Wildman–Crippen MR) is 66.6 cm³/mol. The van der Waals surface area contributed by atoms with Crippen LogP contribution in [-0.2, 0) is 6.54 Å². The van der Waals surface area contributed by atoms with Crippen LogP contribution in [0.5, 0.6) is 0 Å². The minimum atomic E-state index is -1.41. The molecule has 0 saturated carbocycles. The summed E-state index contributed by atoms with van der Waals surface area (Å²) < 4.78 is 38.7. The average molecular weight is 259 g/mol. The van der Waals surface area contributed by atoms with Crippen molar-refractivity contribution in [3.05, 3.63) is 35.1 Å². The van der Waals surface area contributed by atoms with E-state index in [2.05, 4.69) is 33.0 Å². The van der Waals surface area contributed by atoms with Crippen LogP contribution in [0.15, 0.2) is 12.1 Å². The molecule has 0 aliphatic rings. The number of halogens is 3. The van der Waals surface area contributed by atoms with Crippen LogP contribution in [0.2, 0.25) is 0 Å². The highest BCUT2D eigenvalue weighted by Gasteiger charge is 2.19. The fraction of sp³-hybridized carbons (Fsp3) is 0.571. The Kier molecular flexibility index (Phi) is 4.79. The SMILES string of the molecule is CC(CNCc1cc(F)c(F)c(F)c1)C(C)(C)C. The van der Waals surface area contributed by atoms with Gasteiger partial charge in [-0.15, -0.1) is 0 Å². The zero-order valence-electron chi connectivity index (χ0n) is 11.3. The number of nitrogens with one attached hydrogen (secondary N) is 1. The van der Waals surface area contributed by atoms with Crippen molar-refractivity contribution < 1.29 is 13.2 Å². The lowest BCUT2D eigenvalue weighted by molar-refractivity contribution is 0.252. The Labute approximate surface area is 106 Å². The number of benzene rings is 1. The lowest BCUT2D eigenvalue weighted by atomic mass is 9.82. The van der Waals surface area contributed by atoms with Gasteiger partial charge in [0.05, 0.1) is 0 Å². The summed E-state index contributed by atoms with van der Waals surface area (Å²) in [6.07, 6.45) is 0. The zero-order chi connectivity index (χ0) is 13.9. The summed E-state index contributed by atoms with van der Waals surface area (Å²) in [4.78, 5) is 0. The zero-order valence-corrected chi connectivity index (χ0v) is 11.3. The Morgan fingerprint density at radius 2 is 1.61 bits per heavy atom. The summed E-state index contributed by atoms with van der Waals surface area (Å²) >= 11 is 0. The highest BCUT2D eigenvalue weighted by Crippen LogP contribution is 2.24. The highest BCUT2D eigenvalue weighted by molar-refractivity contribution is 5.19. The molecule has 18 heavy (non-hydrogen) atoms. The summed E-state index contributed by atoms with van der Waals surface area (Å²) in [5.41, 5.74) is 0.583. The molecular formula is C14H20F3N. The molecular weight excluding hydrogens is 239 g/mol. The fourth-order valence-electron chi connectivity index (χ4n) is 1.45. The Hall–Kier alpha value is -1.03. The molecule has 1 rings (SSSR count). The first-order valence-electron chi connectivity index (χ1n) is 6.06. The fourth-order valence-corrected chi connectivity index (χ4v) is 1.45. The van der Waals surface area contributed by atoms with Crippen LogP contribution < -0.4 is 5.32 Å². The van der Waals surface area contributed by atoms with Gasteiger partial charge in [-0.25, -0.2) is 13.2 Å². The Balaban J connectivity index is 2.55. The molecule has 1 N–H and O–H groups in total. The van der Waals surface area contributed by atoms with E-state index in [1.807, 2.05) is 0 Å². The van der Waals surface area contributed by atoms with Gasteiger partial charge in [0, 0.05) is 6.54 Å². The standard InChI is InChI=1S/C14H20F3N/c1-9(14(2,3)4)7-18-8-10-5-11(15)13(17)12(16)6-10/h5-6,9,18H,7-8H2,1-4H3. The van der Waals surface area contributed by atoms with E-state index in [0.29, 0.717) is 18.0 Å². The van der Waals surface area contributed by atoms with Crippen molar-refractivity contribution in [2.45, 2.75) is 34.2 Å². The van der Waals surface area contributed by atoms with Crippen LogP contribution in [0, 0.1) is 28.8 Å². The van der Waals surface area contributed by atoms with Gasteiger partial charge in [-0.05, 0) is 35.6 Å². The van der Waals surface area contributed by atoms with Crippen LogP contribution in [0.25, 0.3) is 0 Å². The maximum absolute atomic E-state index is 13.0. The second-order valence-corrected chi connectivity index (χ2v) is 5.77. The molecule has 0 fully saturated rings. The van der Waals surface area contributed by atoms with E-state index >= 15 is 0 Å². The Morgan fingerprint density at radius 3 is 2.06 bits per heavy atom. The van der Waals surface area contributed by atoms with Gasteiger partial charge < -0.3 is 5.32 Å². The second-order valence-electron chi connectivity index (χ2n) is 5.77. The third-order valence-electron chi connectivity index (χ3n) is 3.30. The van der Waals surface area contributed by atoms with E-state index in [0.717, 1.165) is 18.7 Å². The molecule has 0 saturated heterocycles. The Morgan fingerprint density at radius 1 is 1.11 bits per heavy atom. The van der Waals surface area contributed by atoms with Crippen LogP contribution in [0.1, 0.15) is 33.3 Å². The monoisotopic (exact) mass is 259 g/mol. The van der Waals surface area contributed by atoms with E-state index < -0.39 is 17.5 Å².